The Morgan fingerprint density at radius 1 is 1.07 bits per heavy atom. The van der Waals surface area contributed by atoms with Crippen molar-refractivity contribution in [1.29, 1.82) is 0 Å². The van der Waals surface area contributed by atoms with Crippen LogP contribution in [0.15, 0.2) is 54.6 Å². The molecular weight excluding hydrogens is 368 g/mol. The lowest BCUT2D eigenvalue weighted by Crippen LogP contribution is -2.13. The summed E-state index contributed by atoms with van der Waals surface area (Å²) in [6.45, 7) is 3.90. The van der Waals surface area contributed by atoms with Crippen LogP contribution in [-0.4, -0.2) is 20.7 Å². The lowest BCUT2D eigenvalue weighted by molar-refractivity contribution is -0.116. The highest BCUT2D eigenvalue weighted by Crippen LogP contribution is 2.24. The number of aryl methyl sites for hydroxylation is 2. The third-order valence-corrected chi connectivity index (χ3v) is 5.79. The molecule has 28 heavy (non-hydrogen) atoms. The number of rotatable bonds is 6. The van der Waals surface area contributed by atoms with Gasteiger partial charge in [0.15, 0.2) is 0 Å². The molecule has 1 amide bonds. The fraction of sp³-hybridized carbons (Fsp3) is 0.227. The third kappa shape index (κ3) is 3.82. The van der Waals surface area contributed by atoms with Gasteiger partial charge in [-0.15, -0.1) is 11.3 Å². The third-order valence-electron chi connectivity index (χ3n) is 4.69. The van der Waals surface area contributed by atoms with Crippen LogP contribution in [0.4, 0.5) is 5.69 Å². The average Bonchev–Trinajstić information content (AvgIpc) is 3.24. The monoisotopic (exact) mass is 390 g/mol. The minimum absolute atomic E-state index is 0.0138. The Bertz CT molecular complexity index is 1080. The summed E-state index contributed by atoms with van der Waals surface area (Å²) in [7, 11) is 0. The molecule has 0 atom stereocenters. The molecule has 5 nitrogen and oxygen atoms in total. The fourth-order valence-corrected chi connectivity index (χ4v) is 4.28. The molecule has 2 aromatic carbocycles. The van der Waals surface area contributed by atoms with Crippen molar-refractivity contribution >= 4 is 33.1 Å². The number of benzene rings is 2. The number of nitrogens with one attached hydrogen (secondary N) is 1. The molecule has 0 spiro atoms. The van der Waals surface area contributed by atoms with E-state index in [0.717, 1.165) is 46.1 Å². The van der Waals surface area contributed by atoms with Crippen LogP contribution in [0.2, 0.25) is 0 Å². The van der Waals surface area contributed by atoms with Gasteiger partial charge in [0.25, 0.3) is 0 Å². The number of nitrogens with zero attached hydrogens (tertiary/aromatic N) is 3. The Balaban J connectivity index is 1.38. The van der Waals surface area contributed by atoms with Crippen LogP contribution in [-0.2, 0) is 11.2 Å². The first-order valence-corrected chi connectivity index (χ1v) is 10.2. The molecule has 0 aliphatic carbocycles. The molecular formula is C22H22N4OS. The lowest BCUT2D eigenvalue weighted by Gasteiger charge is -2.07. The molecule has 0 fully saturated rings. The van der Waals surface area contributed by atoms with E-state index >= 15 is 0 Å². The summed E-state index contributed by atoms with van der Waals surface area (Å²) in [5.41, 5.74) is 4.57. The molecule has 4 aromatic rings. The van der Waals surface area contributed by atoms with Crippen LogP contribution < -0.4 is 5.32 Å². The molecule has 6 heteroatoms. The number of thiazole rings is 1. The molecule has 1 N–H and O–H groups in total. The molecule has 0 unspecified atom stereocenters. The maximum atomic E-state index is 12.5. The molecule has 0 saturated carbocycles. The predicted molar refractivity (Wildman–Crippen MR) is 114 cm³/mol. The maximum absolute atomic E-state index is 12.5. The maximum Gasteiger partial charge on any atom is 0.224 e. The number of para-hydroxylation sites is 2. The number of fused-ring (bicyclic) bond motifs is 1. The standard InChI is InChI=1S/C22H22N4OS/c1-15-22(16(2)26(25-15)17-9-4-3-5-10-17)24-20(27)13-8-14-21-23-18-11-6-7-12-19(18)28-21/h3-7,9-12H,8,13-14H2,1-2H3,(H,24,27). The van der Waals surface area contributed by atoms with Gasteiger partial charge in [0.1, 0.15) is 0 Å². The van der Waals surface area contributed by atoms with Gasteiger partial charge in [-0.1, -0.05) is 30.3 Å². The van der Waals surface area contributed by atoms with Gasteiger partial charge in [-0.25, -0.2) is 9.67 Å². The highest BCUT2D eigenvalue weighted by Gasteiger charge is 2.15. The predicted octanol–water partition coefficient (Wildman–Crippen LogP) is 5.06. The molecule has 142 valence electrons. The first-order valence-electron chi connectivity index (χ1n) is 9.38. The molecule has 0 aliphatic rings. The summed E-state index contributed by atoms with van der Waals surface area (Å²) >= 11 is 1.70. The summed E-state index contributed by atoms with van der Waals surface area (Å²) in [5, 5.41) is 8.70. The van der Waals surface area contributed by atoms with Gasteiger partial charge < -0.3 is 5.32 Å². The van der Waals surface area contributed by atoms with E-state index in [2.05, 4.69) is 21.5 Å². The SMILES string of the molecule is Cc1nn(-c2ccccc2)c(C)c1NC(=O)CCCc1nc2ccccc2s1. The second kappa shape index (κ2) is 7.94. The molecule has 2 heterocycles. The zero-order valence-electron chi connectivity index (χ0n) is 16.0. The van der Waals surface area contributed by atoms with E-state index < -0.39 is 0 Å². The van der Waals surface area contributed by atoms with Crippen LogP contribution in [0.25, 0.3) is 15.9 Å². The smallest absolute Gasteiger partial charge is 0.224 e. The van der Waals surface area contributed by atoms with Crippen LogP contribution in [0.1, 0.15) is 29.2 Å². The van der Waals surface area contributed by atoms with Gasteiger partial charge in [-0.3, -0.25) is 4.79 Å². The molecule has 0 bridgehead atoms. The van der Waals surface area contributed by atoms with Crippen molar-refractivity contribution < 1.29 is 4.79 Å². The van der Waals surface area contributed by atoms with E-state index in [9.17, 15) is 4.79 Å². The number of hydrogen-bond acceptors (Lipinski definition) is 4. The van der Waals surface area contributed by atoms with E-state index in [1.165, 1.54) is 4.70 Å². The van der Waals surface area contributed by atoms with Gasteiger partial charge in [-0.05, 0) is 51.0 Å². The Labute approximate surface area is 168 Å². The van der Waals surface area contributed by atoms with Gasteiger partial charge in [0.05, 0.1) is 38.0 Å². The normalized spacial score (nSPS) is 11.1. The Kier molecular flexibility index (Phi) is 5.21. The minimum Gasteiger partial charge on any atom is -0.323 e. The number of amides is 1. The fourth-order valence-electron chi connectivity index (χ4n) is 3.27. The van der Waals surface area contributed by atoms with E-state index in [-0.39, 0.29) is 5.91 Å². The number of carbonyl (C=O) groups is 1. The first-order chi connectivity index (χ1) is 13.6. The van der Waals surface area contributed by atoms with Gasteiger partial charge >= 0.3 is 0 Å². The van der Waals surface area contributed by atoms with Crippen molar-refractivity contribution in [2.45, 2.75) is 33.1 Å². The highest BCUT2D eigenvalue weighted by atomic mass is 32.1. The molecule has 2 aromatic heterocycles. The van der Waals surface area contributed by atoms with E-state index in [0.29, 0.717) is 6.42 Å². The largest absolute Gasteiger partial charge is 0.323 e. The van der Waals surface area contributed by atoms with Crippen molar-refractivity contribution in [3.63, 3.8) is 0 Å². The summed E-state index contributed by atoms with van der Waals surface area (Å²) in [4.78, 5) is 17.1. The van der Waals surface area contributed by atoms with Crippen LogP contribution in [0, 0.1) is 13.8 Å². The van der Waals surface area contributed by atoms with Crippen molar-refractivity contribution in [2.24, 2.45) is 0 Å². The topological polar surface area (TPSA) is 59.8 Å². The quantitative estimate of drug-likeness (QED) is 0.500. The minimum atomic E-state index is 0.0138. The summed E-state index contributed by atoms with van der Waals surface area (Å²) < 4.78 is 3.06. The highest BCUT2D eigenvalue weighted by molar-refractivity contribution is 7.18. The summed E-state index contributed by atoms with van der Waals surface area (Å²) in [5.74, 6) is 0.0138. The van der Waals surface area contributed by atoms with Crippen molar-refractivity contribution in [2.75, 3.05) is 5.32 Å². The zero-order chi connectivity index (χ0) is 19.5. The molecule has 0 radical (unpaired) electrons. The van der Waals surface area contributed by atoms with Crippen molar-refractivity contribution in [3.8, 4) is 5.69 Å². The lowest BCUT2D eigenvalue weighted by atomic mass is 10.2. The number of hydrogen-bond donors (Lipinski definition) is 1. The Morgan fingerprint density at radius 2 is 1.82 bits per heavy atom. The van der Waals surface area contributed by atoms with E-state index in [4.69, 9.17) is 0 Å². The Hall–Kier alpha value is -2.99. The molecule has 0 saturated heterocycles. The Morgan fingerprint density at radius 3 is 2.61 bits per heavy atom. The van der Waals surface area contributed by atoms with E-state index in [1.807, 2.05) is 67.1 Å². The van der Waals surface area contributed by atoms with Gasteiger partial charge in [0, 0.05) is 6.42 Å². The zero-order valence-corrected chi connectivity index (χ0v) is 16.8. The average molecular weight is 391 g/mol. The summed E-state index contributed by atoms with van der Waals surface area (Å²) in [6, 6.07) is 18.1. The van der Waals surface area contributed by atoms with Gasteiger partial charge in [-0.2, -0.15) is 5.10 Å². The number of anilines is 1. The molecule has 4 rings (SSSR count). The van der Waals surface area contributed by atoms with Crippen molar-refractivity contribution in [1.82, 2.24) is 14.8 Å². The van der Waals surface area contributed by atoms with Crippen LogP contribution >= 0.6 is 11.3 Å². The molecule has 0 aliphatic heterocycles. The van der Waals surface area contributed by atoms with E-state index in [1.54, 1.807) is 11.3 Å². The van der Waals surface area contributed by atoms with Crippen LogP contribution in [0.5, 0.6) is 0 Å². The number of aromatic nitrogens is 3. The number of carbonyl (C=O) groups excluding carboxylic acids is 1. The van der Waals surface area contributed by atoms with Gasteiger partial charge in [0.2, 0.25) is 5.91 Å². The summed E-state index contributed by atoms with van der Waals surface area (Å²) in [6.07, 6.45) is 2.05. The second-order valence-corrected chi connectivity index (χ2v) is 7.89. The van der Waals surface area contributed by atoms with Crippen LogP contribution in [0.3, 0.4) is 0 Å². The first kappa shape index (κ1) is 18.4. The van der Waals surface area contributed by atoms with Crippen molar-refractivity contribution in [3.05, 3.63) is 71.0 Å². The second-order valence-electron chi connectivity index (χ2n) is 6.77.